The van der Waals surface area contributed by atoms with E-state index in [1.165, 1.54) is 10.9 Å². The number of aromatic nitrogens is 2. The summed E-state index contributed by atoms with van der Waals surface area (Å²) in [5.41, 5.74) is 0.431. The lowest BCUT2D eigenvalue weighted by atomic mass is 10.1. The molecule has 0 saturated carbocycles. The maximum absolute atomic E-state index is 11.9. The van der Waals surface area contributed by atoms with E-state index in [0.717, 1.165) is 0 Å². The molecule has 1 aliphatic rings. The van der Waals surface area contributed by atoms with Gasteiger partial charge >= 0.3 is 5.97 Å². The number of aryl methyl sites for hydroxylation is 1. The second-order valence-electron chi connectivity index (χ2n) is 4.31. The van der Waals surface area contributed by atoms with Crippen LogP contribution in [-0.2, 0) is 21.4 Å². The third kappa shape index (κ3) is 3.30. The van der Waals surface area contributed by atoms with Gasteiger partial charge in [0, 0.05) is 25.4 Å². The van der Waals surface area contributed by atoms with Gasteiger partial charge in [-0.3, -0.25) is 9.48 Å². The Hall–Kier alpha value is -1.93. The zero-order valence-corrected chi connectivity index (χ0v) is 10.5. The monoisotopic (exact) mass is 268 g/mol. The first-order valence-electron chi connectivity index (χ1n) is 5.91. The van der Waals surface area contributed by atoms with Crippen LogP contribution in [0.3, 0.4) is 0 Å². The van der Waals surface area contributed by atoms with Crippen LogP contribution in [0.15, 0.2) is 12.4 Å². The molecule has 19 heavy (non-hydrogen) atoms. The first-order valence-corrected chi connectivity index (χ1v) is 5.91. The van der Waals surface area contributed by atoms with E-state index in [-0.39, 0.29) is 6.61 Å². The number of carboxylic acids is 1. The predicted octanol–water partition coefficient (Wildman–Crippen LogP) is -1.35. The predicted molar refractivity (Wildman–Crippen MR) is 64.3 cm³/mol. The third-order valence-corrected chi connectivity index (χ3v) is 2.83. The van der Waals surface area contributed by atoms with Gasteiger partial charge in [-0.2, -0.15) is 5.10 Å². The summed E-state index contributed by atoms with van der Waals surface area (Å²) in [7, 11) is 1.68. The smallest absolute Gasteiger partial charge is 0.331 e. The molecule has 104 valence electrons. The van der Waals surface area contributed by atoms with Crippen molar-refractivity contribution in [3.63, 3.8) is 0 Å². The molecule has 2 unspecified atom stereocenters. The van der Waals surface area contributed by atoms with Crippen LogP contribution in [0.5, 0.6) is 0 Å². The molecule has 1 aromatic heterocycles. The molecule has 2 atom stereocenters. The number of aliphatic carboxylic acids is 1. The number of hydrogen-bond donors (Lipinski definition) is 3. The highest BCUT2D eigenvalue weighted by Gasteiger charge is 2.28. The van der Waals surface area contributed by atoms with Gasteiger partial charge in [0.1, 0.15) is 6.04 Å². The van der Waals surface area contributed by atoms with Gasteiger partial charge in [-0.1, -0.05) is 0 Å². The molecule has 8 heteroatoms. The van der Waals surface area contributed by atoms with E-state index in [1.807, 2.05) is 0 Å². The molecule has 0 bridgehead atoms. The SMILES string of the molecule is Cn1cc(C(NC(=O)C2COCCN2)C(=O)O)cn1. The first kappa shape index (κ1) is 13.5. The summed E-state index contributed by atoms with van der Waals surface area (Å²) in [5, 5.41) is 18.5. The molecular weight excluding hydrogens is 252 g/mol. The average molecular weight is 268 g/mol. The van der Waals surface area contributed by atoms with Crippen LogP contribution < -0.4 is 10.6 Å². The second-order valence-corrected chi connectivity index (χ2v) is 4.31. The molecule has 0 aliphatic carbocycles. The molecule has 1 amide bonds. The fourth-order valence-electron chi connectivity index (χ4n) is 1.85. The van der Waals surface area contributed by atoms with Gasteiger partial charge < -0.3 is 20.5 Å². The van der Waals surface area contributed by atoms with Gasteiger partial charge in [0.15, 0.2) is 6.04 Å². The largest absolute Gasteiger partial charge is 0.479 e. The number of hydrogen-bond acceptors (Lipinski definition) is 5. The number of carboxylic acid groups (broad SMARTS) is 1. The van der Waals surface area contributed by atoms with Crippen molar-refractivity contribution in [1.29, 1.82) is 0 Å². The number of ether oxygens (including phenoxy) is 1. The summed E-state index contributed by atoms with van der Waals surface area (Å²) in [6.07, 6.45) is 2.98. The zero-order chi connectivity index (χ0) is 13.8. The van der Waals surface area contributed by atoms with E-state index in [9.17, 15) is 14.7 Å². The van der Waals surface area contributed by atoms with Crippen molar-refractivity contribution in [2.45, 2.75) is 12.1 Å². The summed E-state index contributed by atoms with van der Waals surface area (Å²) in [4.78, 5) is 23.2. The number of nitrogens with zero attached hydrogens (tertiary/aromatic N) is 2. The van der Waals surface area contributed by atoms with E-state index in [0.29, 0.717) is 18.7 Å². The molecule has 2 rings (SSSR count). The lowest BCUT2D eigenvalue weighted by Gasteiger charge is -2.24. The zero-order valence-electron chi connectivity index (χ0n) is 10.5. The Labute approximate surface area is 109 Å². The van der Waals surface area contributed by atoms with Crippen LogP contribution in [0.2, 0.25) is 0 Å². The van der Waals surface area contributed by atoms with Crippen molar-refractivity contribution in [1.82, 2.24) is 20.4 Å². The van der Waals surface area contributed by atoms with Gasteiger partial charge in [-0.05, 0) is 0 Å². The van der Waals surface area contributed by atoms with Crippen LogP contribution in [0, 0.1) is 0 Å². The summed E-state index contributed by atoms with van der Waals surface area (Å²) >= 11 is 0. The van der Waals surface area contributed by atoms with Crippen LogP contribution in [0.4, 0.5) is 0 Å². The molecule has 3 N–H and O–H groups in total. The maximum Gasteiger partial charge on any atom is 0.331 e. The fourth-order valence-corrected chi connectivity index (χ4v) is 1.85. The van der Waals surface area contributed by atoms with Crippen LogP contribution in [-0.4, -0.2) is 52.6 Å². The highest BCUT2D eigenvalue weighted by molar-refractivity contribution is 5.87. The van der Waals surface area contributed by atoms with Crippen molar-refractivity contribution in [2.75, 3.05) is 19.8 Å². The van der Waals surface area contributed by atoms with Gasteiger partial charge in [-0.15, -0.1) is 0 Å². The van der Waals surface area contributed by atoms with Gasteiger partial charge in [-0.25, -0.2) is 4.79 Å². The normalized spacial score (nSPS) is 20.8. The number of morpholine rings is 1. The molecule has 2 heterocycles. The Morgan fingerprint density at radius 3 is 3.00 bits per heavy atom. The molecule has 0 spiro atoms. The standard InChI is InChI=1S/C11H16N4O4/c1-15-5-7(4-13-15)9(11(17)18)14-10(16)8-6-19-3-2-12-8/h4-5,8-9,12H,2-3,6H2,1H3,(H,14,16)(H,17,18). The average Bonchev–Trinajstić information content (AvgIpc) is 2.82. The summed E-state index contributed by atoms with van der Waals surface area (Å²) < 4.78 is 6.65. The van der Waals surface area contributed by atoms with Crippen molar-refractivity contribution >= 4 is 11.9 Å². The second kappa shape index (κ2) is 5.81. The summed E-state index contributed by atoms with van der Waals surface area (Å²) in [6.45, 7) is 1.36. The van der Waals surface area contributed by atoms with Crippen LogP contribution in [0.25, 0.3) is 0 Å². The van der Waals surface area contributed by atoms with Crippen molar-refractivity contribution < 1.29 is 19.4 Å². The number of carbonyl (C=O) groups excluding carboxylic acids is 1. The minimum atomic E-state index is -1.13. The Bertz CT molecular complexity index is 467. The minimum absolute atomic E-state index is 0.241. The lowest BCUT2D eigenvalue weighted by Crippen LogP contribution is -2.52. The molecule has 8 nitrogen and oxygen atoms in total. The molecule has 0 radical (unpaired) electrons. The summed E-state index contributed by atoms with van der Waals surface area (Å²) in [5.74, 6) is -1.52. The maximum atomic E-state index is 11.9. The van der Waals surface area contributed by atoms with E-state index >= 15 is 0 Å². The molecule has 1 fully saturated rings. The third-order valence-electron chi connectivity index (χ3n) is 2.83. The highest BCUT2D eigenvalue weighted by Crippen LogP contribution is 2.12. The van der Waals surface area contributed by atoms with Crippen molar-refractivity contribution in [2.24, 2.45) is 7.05 Å². The van der Waals surface area contributed by atoms with Gasteiger partial charge in [0.25, 0.3) is 0 Å². The summed E-state index contributed by atoms with van der Waals surface area (Å²) in [6, 6.07) is -1.63. The van der Waals surface area contributed by atoms with Crippen LogP contribution >= 0.6 is 0 Å². The van der Waals surface area contributed by atoms with Gasteiger partial charge in [0.05, 0.1) is 19.4 Å². The number of carbonyl (C=O) groups is 2. The quantitative estimate of drug-likeness (QED) is 0.623. The van der Waals surface area contributed by atoms with E-state index in [2.05, 4.69) is 15.7 Å². The fraction of sp³-hybridized carbons (Fsp3) is 0.545. The van der Waals surface area contributed by atoms with Crippen LogP contribution in [0.1, 0.15) is 11.6 Å². The van der Waals surface area contributed by atoms with Gasteiger partial charge in [0.2, 0.25) is 5.91 Å². The molecule has 1 aromatic rings. The van der Waals surface area contributed by atoms with E-state index in [4.69, 9.17) is 4.74 Å². The molecule has 1 aliphatic heterocycles. The highest BCUT2D eigenvalue weighted by atomic mass is 16.5. The van der Waals surface area contributed by atoms with E-state index in [1.54, 1.807) is 13.2 Å². The van der Waals surface area contributed by atoms with Crippen molar-refractivity contribution in [3.05, 3.63) is 18.0 Å². The Balaban J connectivity index is 2.04. The number of amides is 1. The molecule has 0 aromatic carbocycles. The lowest BCUT2D eigenvalue weighted by molar-refractivity contribution is -0.142. The molecular formula is C11H16N4O4. The van der Waals surface area contributed by atoms with E-state index < -0.39 is 24.0 Å². The Kier molecular flexibility index (Phi) is 4.13. The Morgan fingerprint density at radius 1 is 1.68 bits per heavy atom. The number of rotatable bonds is 4. The minimum Gasteiger partial charge on any atom is -0.479 e. The number of nitrogens with one attached hydrogen (secondary N) is 2. The topological polar surface area (TPSA) is 105 Å². The first-order chi connectivity index (χ1) is 9.08. The molecule has 1 saturated heterocycles. The Morgan fingerprint density at radius 2 is 2.47 bits per heavy atom. The van der Waals surface area contributed by atoms with Crippen molar-refractivity contribution in [3.8, 4) is 0 Å².